The highest BCUT2D eigenvalue weighted by molar-refractivity contribution is 7.89. The van der Waals surface area contributed by atoms with Gasteiger partial charge in [-0.25, -0.2) is 17.9 Å². The van der Waals surface area contributed by atoms with Crippen molar-refractivity contribution >= 4 is 16.0 Å². The van der Waals surface area contributed by atoms with Crippen LogP contribution in [0.25, 0.3) is 0 Å². The Morgan fingerprint density at radius 2 is 2.06 bits per heavy atom. The zero-order valence-electron chi connectivity index (χ0n) is 9.80. The summed E-state index contributed by atoms with van der Waals surface area (Å²) >= 11 is 0. The smallest absolute Gasteiger partial charge is 0.335 e. The molecule has 5 nitrogen and oxygen atoms in total. The molecule has 0 aliphatic rings. The third-order valence-corrected chi connectivity index (χ3v) is 3.62. The highest BCUT2D eigenvalue weighted by Crippen LogP contribution is 2.09. The summed E-state index contributed by atoms with van der Waals surface area (Å²) in [5, 5.41) is 8.96. The Labute approximate surface area is 106 Å². The van der Waals surface area contributed by atoms with Crippen LogP contribution in [0.3, 0.4) is 0 Å². The lowest BCUT2D eigenvalue weighted by Crippen LogP contribution is -2.28. The molecule has 0 aliphatic carbocycles. The van der Waals surface area contributed by atoms with Crippen LogP contribution >= 0.6 is 0 Å². The lowest BCUT2D eigenvalue weighted by atomic mass is 10.1. The molecule has 0 atom stereocenters. The lowest BCUT2D eigenvalue weighted by molar-refractivity contribution is 0.0695. The van der Waals surface area contributed by atoms with Crippen LogP contribution in [0, 0.1) is 0 Å². The van der Waals surface area contributed by atoms with Gasteiger partial charge in [0.05, 0.1) is 11.3 Å². The van der Waals surface area contributed by atoms with E-state index in [9.17, 15) is 13.2 Å². The zero-order chi connectivity index (χ0) is 13.6. The van der Waals surface area contributed by atoms with Gasteiger partial charge in [-0.05, 0) is 18.1 Å². The summed E-state index contributed by atoms with van der Waals surface area (Å²) in [6.45, 7) is 3.52. The summed E-state index contributed by atoms with van der Waals surface area (Å²) in [4.78, 5) is 10.9. The fraction of sp³-hybridized carbons (Fsp3) is 0.250. The molecule has 6 heteroatoms. The number of rotatable bonds is 7. The van der Waals surface area contributed by atoms with E-state index in [4.69, 9.17) is 5.11 Å². The van der Waals surface area contributed by atoms with Crippen LogP contribution in [0.4, 0.5) is 0 Å². The van der Waals surface area contributed by atoms with Gasteiger partial charge in [-0.2, -0.15) is 0 Å². The molecule has 2 N–H and O–H groups in total. The summed E-state index contributed by atoms with van der Waals surface area (Å²) in [7, 11) is -3.35. The van der Waals surface area contributed by atoms with Crippen molar-refractivity contribution in [2.75, 3.05) is 12.3 Å². The second-order valence-corrected chi connectivity index (χ2v) is 5.53. The van der Waals surface area contributed by atoms with Crippen LogP contribution in [0.15, 0.2) is 36.9 Å². The molecular weight excluding hydrogens is 254 g/mol. The van der Waals surface area contributed by atoms with Crippen LogP contribution in [-0.4, -0.2) is 31.8 Å². The molecule has 0 saturated carbocycles. The average Bonchev–Trinajstić information content (AvgIpc) is 2.29. The maximum Gasteiger partial charge on any atom is 0.335 e. The van der Waals surface area contributed by atoms with E-state index in [1.54, 1.807) is 18.2 Å². The largest absolute Gasteiger partial charge is 0.478 e. The number of carboxylic acids is 1. The number of benzene rings is 1. The Balaban J connectivity index is 2.65. The number of aromatic carboxylic acids is 1. The number of sulfonamides is 1. The van der Waals surface area contributed by atoms with Gasteiger partial charge in [0.1, 0.15) is 0 Å². The summed E-state index contributed by atoms with van der Waals surface area (Å²) in [5.41, 5.74) is 0.798. The third kappa shape index (κ3) is 4.31. The minimum atomic E-state index is -3.35. The first kappa shape index (κ1) is 14.4. The first-order valence-electron chi connectivity index (χ1n) is 5.35. The first-order valence-corrected chi connectivity index (χ1v) is 7.01. The van der Waals surface area contributed by atoms with E-state index >= 15 is 0 Å². The van der Waals surface area contributed by atoms with Crippen molar-refractivity contribution in [2.45, 2.75) is 6.42 Å². The van der Waals surface area contributed by atoms with E-state index in [1.165, 1.54) is 12.1 Å². The maximum absolute atomic E-state index is 11.3. The molecule has 0 aliphatic heterocycles. The Hall–Kier alpha value is -1.66. The van der Waals surface area contributed by atoms with Crippen LogP contribution in [0.2, 0.25) is 0 Å². The molecule has 1 aromatic carbocycles. The molecule has 0 spiro atoms. The zero-order valence-corrected chi connectivity index (χ0v) is 10.6. The van der Waals surface area contributed by atoms with Gasteiger partial charge >= 0.3 is 5.97 Å². The van der Waals surface area contributed by atoms with Gasteiger partial charge in [0, 0.05) is 6.54 Å². The summed E-state index contributed by atoms with van der Waals surface area (Å²) in [6.07, 6.45) is 1.63. The SMILES string of the molecule is C=CCS(=O)(=O)NCCc1ccccc1C(=O)O. The Morgan fingerprint density at radius 3 is 2.67 bits per heavy atom. The van der Waals surface area contributed by atoms with Gasteiger partial charge in [0.2, 0.25) is 10.0 Å². The van der Waals surface area contributed by atoms with Crippen LogP contribution in [0.1, 0.15) is 15.9 Å². The van der Waals surface area contributed by atoms with Crippen molar-refractivity contribution in [3.8, 4) is 0 Å². The van der Waals surface area contributed by atoms with E-state index in [1.807, 2.05) is 0 Å². The van der Waals surface area contributed by atoms with Crippen molar-refractivity contribution < 1.29 is 18.3 Å². The van der Waals surface area contributed by atoms with Gasteiger partial charge in [-0.1, -0.05) is 24.3 Å². The summed E-state index contributed by atoms with van der Waals surface area (Å²) < 4.78 is 25.1. The standard InChI is InChI=1S/C12H15NO4S/c1-2-9-18(16,17)13-8-7-10-5-3-4-6-11(10)12(14)15/h2-6,13H,1,7-9H2,(H,14,15). The van der Waals surface area contributed by atoms with Crippen LogP contribution in [0.5, 0.6) is 0 Å². The minimum absolute atomic E-state index is 0.145. The van der Waals surface area contributed by atoms with E-state index in [0.29, 0.717) is 12.0 Å². The van der Waals surface area contributed by atoms with Gasteiger partial charge in [0.25, 0.3) is 0 Å². The van der Waals surface area contributed by atoms with Crippen LogP contribution < -0.4 is 4.72 Å². The fourth-order valence-corrected chi connectivity index (χ4v) is 2.34. The highest BCUT2D eigenvalue weighted by Gasteiger charge is 2.10. The van der Waals surface area contributed by atoms with Crippen molar-refractivity contribution in [3.05, 3.63) is 48.0 Å². The predicted molar refractivity (Wildman–Crippen MR) is 69.1 cm³/mol. The fourth-order valence-electron chi connectivity index (χ4n) is 1.50. The van der Waals surface area contributed by atoms with Crippen molar-refractivity contribution in [1.82, 2.24) is 4.72 Å². The second-order valence-electron chi connectivity index (χ2n) is 3.68. The molecule has 0 saturated heterocycles. The molecular formula is C12H15NO4S. The highest BCUT2D eigenvalue weighted by atomic mass is 32.2. The van der Waals surface area contributed by atoms with Gasteiger partial charge in [0.15, 0.2) is 0 Å². The topological polar surface area (TPSA) is 83.5 Å². The molecule has 0 amide bonds. The Morgan fingerprint density at radius 1 is 1.39 bits per heavy atom. The summed E-state index contributed by atoms with van der Waals surface area (Å²) in [5.74, 6) is -1.16. The molecule has 0 fully saturated rings. The van der Waals surface area contributed by atoms with E-state index in [2.05, 4.69) is 11.3 Å². The first-order chi connectivity index (χ1) is 8.46. The Kier molecular flexibility index (Phi) is 5.06. The van der Waals surface area contributed by atoms with Crippen molar-refractivity contribution in [1.29, 1.82) is 0 Å². The minimum Gasteiger partial charge on any atom is -0.478 e. The van der Waals surface area contributed by atoms with Crippen LogP contribution in [-0.2, 0) is 16.4 Å². The van der Waals surface area contributed by atoms with E-state index < -0.39 is 16.0 Å². The second kappa shape index (κ2) is 6.32. The normalized spacial score (nSPS) is 11.1. The number of hydrogen-bond donors (Lipinski definition) is 2. The number of carbonyl (C=O) groups is 1. The predicted octanol–water partition coefficient (Wildman–Crippen LogP) is 1.03. The monoisotopic (exact) mass is 269 g/mol. The molecule has 0 aromatic heterocycles. The molecule has 1 aromatic rings. The van der Waals surface area contributed by atoms with Crippen molar-refractivity contribution in [3.63, 3.8) is 0 Å². The Bertz CT molecular complexity index is 537. The summed E-state index contributed by atoms with van der Waals surface area (Å²) in [6, 6.07) is 6.52. The van der Waals surface area contributed by atoms with Gasteiger partial charge in [-0.3, -0.25) is 0 Å². The molecule has 18 heavy (non-hydrogen) atoms. The molecule has 0 radical (unpaired) electrons. The third-order valence-electron chi connectivity index (χ3n) is 2.30. The molecule has 1 rings (SSSR count). The number of carboxylic acid groups (broad SMARTS) is 1. The van der Waals surface area contributed by atoms with Crippen molar-refractivity contribution in [2.24, 2.45) is 0 Å². The van der Waals surface area contributed by atoms with E-state index in [-0.39, 0.29) is 17.9 Å². The molecule has 0 unspecified atom stereocenters. The van der Waals surface area contributed by atoms with Gasteiger partial charge < -0.3 is 5.11 Å². The number of hydrogen-bond acceptors (Lipinski definition) is 3. The average molecular weight is 269 g/mol. The quantitative estimate of drug-likeness (QED) is 0.724. The maximum atomic E-state index is 11.3. The van der Waals surface area contributed by atoms with E-state index in [0.717, 1.165) is 0 Å². The lowest BCUT2D eigenvalue weighted by Gasteiger charge is -2.07. The molecule has 0 heterocycles. The van der Waals surface area contributed by atoms with Gasteiger partial charge in [-0.15, -0.1) is 6.58 Å². The molecule has 98 valence electrons. The number of nitrogens with one attached hydrogen (secondary N) is 1. The molecule has 0 bridgehead atoms.